The molecule has 1 aromatic carbocycles. The molecule has 0 aliphatic carbocycles. The summed E-state index contributed by atoms with van der Waals surface area (Å²) in [6.07, 6.45) is 2.36. The van der Waals surface area contributed by atoms with Gasteiger partial charge in [-0.1, -0.05) is 30.3 Å². The van der Waals surface area contributed by atoms with E-state index in [9.17, 15) is 4.79 Å². The molecule has 0 saturated heterocycles. The fourth-order valence-corrected chi connectivity index (χ4v) is 0.926. The van der Waals surface area contributed by atoms with Crippen LogP contribution in [0.15, 0.2) is 42.2 Å². The average molecular weight is 176 g/mol. The van der Waals surface area contributed by atoms with E-state index in [0.717, 1.165) is 5.56 Å². The highest BCUT2D eigenvalue weighted by Crippen LogP contribution is 2.03. The highest BCUT2D eigenvalue weighted by Gasteiger charge is 1.94. The predicted molar refractivity (Wildman–Crippen MR) is 51.1 cm³/mol. The lowest BCUT2D eigenvalue weighted by Crippen LogP contribution is -1.93. The lowest BCUT2D eigenvalue weighted by molar-refractivity contribution is -0.108. The van der Waals surface area contributed by atoms with Crippen molar-refractivity contribution >= 4 is 6.29 Å². The number of hydrogen-bond acceptors (Lipinski definition) is 2. The van der Waals surface area contributed by atoms with Crippen LogP contribution in [0.3, 0.4) is 0 Å². The molecular formula is C11H12O2. The van der Waals surface area contributed by atoms with Crippen LogP contribution in [0, 0.1) is 0 Å². The molecule has 68 valence electrons. The number of allylic oxidation sites excluding steroid dienone is 2. The summed E-state index contributed by atoms with van der Waals surface area (Å²) < 4.78 is 5.22. The lowest BCUT2D eigenvalue weighted by Gasteiger charge is -2.03. The van der Waals surface area contributed by atoms with E-state index in [1.807, 2.05) is 30.3 Å². The summed E-state index contributed by atoms with van der Waals surface area (Å²) in [6.45, 7) is 2.22. The van der Waals surface area contributed by atoms with Gasteiger partial charge in [0.25, 0.3) is 0 Å². The predicted octanol–water partition coefficient (Wildman–Crippen LogP) is 2.31. The third-order valence-electron chi connectivity index (χ3n) is 1.65. The molecule has 0 N–H and O–H groups in total. The maximum atomic E-state index is 10.4. The first-order chi connectivity index (χ1) is 6.36. The van der Waals surface area contributed by atoms with E-state index in [2.05, 4.69) is 0 Å². The van der Waals surface area contributed by atoms with Gasteiger partial charge in [0, 0.05) is 0 Å². The van der Waals surface area contributed by atoms with Crippen LogP contribution in [0.2, 0.25) is 0 Å². The number of rotatable bonds is 4. The second kappa shape index (κ2) is 5.14. The van der Waals surface area contributed by atoms with Crippen LogP contribution >= 0.6 is 0 Å². The zero-order valence-corrected chi connectivity index (χ0v) is 7.57. The van der Waals surface area contributed by atoms with Crippen molar-refractivity contribution in [1.29, 1.82) is 0 Å². The molecule has 0 fully saturated rings. The number of ether oxygens (including phenoxy) is 1. The van der Waals surface area contributed by atoms with Crippen LogP contribution in [0.1, 0.15) is 12.5 Å². The summed E-state index contributed by atoms with van der Waals surface area (Å²) in [5, 5.41) is 0. The first-order valence-corrected chi connectivity index (χ1v) is 4.15. The fraction of sp³-hybridized carbons (Fsp3) is 0.182. The Bertz CT molecular complexity index is 288. The van der Waals surface area contributed by atoms with Crippen molar-refractivity contribution in [2.24, 2.45) is 0 Å². The molecule has 0 aliphatic heterocycles. The van der Waals surface area contributed by atoms with Gasteiger partial charge in [0.1, 0.15) is 6.61 Å². The summed E-state index contributed by atoms with van der Waals surface area (Å²) in [7, 11) is 0. The summed E-state index contributed by atoms with van der Waals surface area (Å²) in [5.41, 5.74) is 1.06. The van der Waals surface area contributed by atoms with Crippen molar-refractivity contribution in [3.05, 3.63) is 47.7 Å². The van der Waals surface area contributed by atoms with Crippen LogP contribution in [0.4, 0.5) is 0 Å². The Morgan fingerprint density at radius 2 is 2.08 bits per heavy atom. The Morgan fingerprint density at radius 3 is 2.62 bits per heavy atom. The molecule has 0 saturated carbocycles. The van der Waals surface area contributed by atoms with E-state index in [1.165, 1.54) is 0 Å². The molecule has 0 amide bonds. The normalized spacial score (nSPS) is 11.0. The van der Waals surface area contributed by atoms with Gasteiger partial charge in [0.2, 0.25) is 0 Å². The second-order valence-electron chi connectivity index (χ2n) is 2.58. The van der Waals surface area contributed by atoms with Crippen molar-refractivity contribution in [2.45, 2.75) is 13.5 Å². The number of benzene rings is 1. The second-order valence-corrected chi connectivity index (χ2v) is 2.58. The van der Waals surface area contributed by atoms with Crippen molar-refractivity contribution < 1.29 is 9.53 Å². The smallest absolute Gasteiger partial charge is 0.184 e. The molecule has 1 aromatic rings. The molecule has 1 rings (SSSR count). The Labute approximate surface area is 77.8 Å². The molecule has 0 unspecified atom stereocenters. The molecule has 0 aliphatic rings. The number of hydrogen-bond donors (Lipinski definition) is 0. The monoisotopic (exact) mass is 176 g/mol. The van der Waals surface area contributed by atoms with Crippen LogP contribution in [0.5, 0.6) is 0 Å². The summed E-state index contributed by atoms with van der Waals surface area (Å²) in [5.74, 6) is 0.379. The van der Waals surface area contributed by atoms with Gasteiger partial charge in [-0.25, -0.2) is 0 Å². The van der Waals surface area contributed by atoms with Gasteiger partial charge >= 0.3 is 0 Å². The van der Waals surface area contributed by atoms with Gasteiger partial charge < -0.3 is 4.74 Å². The first kappa shape index (κ1) is 9.52. The maximum absolute atomic E-state index is 10.4. The van der Waals surface area contributed by atoms with Crippen molar-refractivity contribution in [3.8, 4) is 0 Å². The molecular weight excluding hydrogens is 164 g/mol. The summed E-state index contributed by atoms with van der Waals surface area (Å²) >= 11 is 0. The zero-order chi connectivity index (χ0) is 9.52. The van der Waals surface area contributed by atoms with E-state index in [1.54, 1.807) is 13.0 Å². The van der Waals surface area contributed by atoms with Crippen LogP contribution < -0.4 is 0 Å². The van der Waals surface area contributed by atoms with Crippen molar-refractivity contribution in [2.75, 3.05) is 0 Å². The minimum absolute atomic E-state index is 0.379. The molecule has 2 heteroatoms. The van der Waals surface area contributed by atoms with E-state index < -0.39 is 0 Å². The highest BCUT2D eigenvalue weighted by molar-refractivity contribution is 5.69. The number of aldehydes is 1. The highest BCUT2D eigenvalue weighted by atomic mass is 16.5. The number of carbonyl (C=O) groups excluding carboxylic acids is 1. The first-order valence-electron chi connectivity index (χ1n) is 4.15. The molecule has 0 spiro atoms. The zero-order valence-electron chi connectivity index (χ0n) is 7.57. The maximum Gasteiger partial charge on any atom is 0.184 e. The molecule has 0 heterocycles. The SMILES string of the molecule is C/C=C(/C=O)OCc1ccccc1. The fourth-order valence-electron chi connectivity index (χ4n) is 0.926. The molecule has 0 bridgehead atoms. The summed E-state index contributed by atoms with van der Waals surface area (Å²) in [4.78, 5) is 10.4. The quantitative estimate of drug-likeness (QED) is 0.399. The molecule has 13 heavy (non-hydrogen) atoms. The Morgan fingerprint density at radius 1 is 1.38 bits per heavy atom. The molecule has 2 nitrogen and oxygen atoms in total. The molecule has 0 atom stereocenters. The van der Waals surface area contributed by atoms with Crippen molar-refractivity contribution in [3.63, 3.8) is 0 Å². The minimum Gasteiger partial charge on any atom is -0.486 e. The Balaban J connectivity index is 2.48. The topological polar surface area (TPSA) is 26.3 Å². The van der Waals surface area contributed by atoms with Gasteiger partial charge in [0.05, 0.1) is 0 Å². The third-order valence-corrected chi connectivity index (χ3v) is 1.65. The average Bonchev–Trinajstić information content (AvgIpc) is 2.21. The number of carbonyl (C=O) groups is 1. The van der Waals surface area contributed by atoms with Gasteiger partial charge in [-0.05, 0) is 18.6 Å². The Kier molecular flexibility index (Phi) is 3.76. The largest absolute Gasteiger partial charge is 0.486 e. The van der Waals surface area contributed by atoms with Gasteiger partial charge in [-0.15, -0.1) is 0 Å². The van der Waals surface area contributed by atoms with Gasteiger partial charge in [-0.3, -0.25) is 4.79 Å². The molecule has 0 radical (unpaired) electrons. The van der Waals surface area contributed by atoms with E-state index in [0.29, 0.717) is 18.7 Å². The van der Waals surface area contributed by atoms with Crippen molar-refractivity contribution in [1.82, 2.24) is 0 Å². The summed E-state index contributed by atoms with van der Waals surface area (Å²) in [6, 6.07) is 9.74. The molecule has 0 aromatic heterocycles. The van der Waals surface area contributed by atoms with Gasteiger partial charge in [0.15, 0.2) is 12.0 Å². The Hall–Kier alpha value is -1.57. The lowest BCUT2D eigenvalue weighted by atomic mass is 10.2. The van der Waals surface area contributed by atoms with E-state index in [-0.39, 0.29) is 0 Å². The van der Waals surface area contributed by atoms with Crippen LogP contribution in [-0.4, -0.2) is 6.29 Å². The third kappa shape index (κ3) is 3.11. The standard InChI is InChI=1S/C11H12O2/c1-2-11(8-12)13-9-10-6-4-3-5-7-10/h2-8H,9H2,1H3/b11-2-. The minimum atomic E-state index is 0.379. The van der Waals surface area contributed by atoms with E-state index in [4.69, 9.17) is 4.74 Å². The van der Waals surface area contributed by atoms with Gasteiger partial charge in [-0.2, -0.15) is 0 Å². The van der Waals surface area contributed by atoms with Crippen LogP contribution in [0.25, 0.3) is 0 Å². The van der Waals surface area contributed by atoms with E-state index >= 15 is 0 Å². The van der Waals surface area contributed by atoms with Crippen LogP contribution in [-0.2, 0) is 16.1 Å².